The minimum absolute atomic E-state index is 0.0781. The second kappa shape index (κ2) is 4.70. The van der Waals surface area contributed by atoms with Crippen molar-refractivity contribution in [2.75, 3.05) is 19.5 Å². The molecule has 106 valence electrons. The number of para-hydroxylation sites is 1. The number of likely N-dealkylation sites (tertiary alicyclic amines) is 1. The zero-order valence-electron chi connectivity index (χ0n) is 11.3. The van der Waals surface area contributed by atoms with Gasteiger partial charge in [-0.2, -0.15) is 0 Å². The van der Waals surface area contributed by atoms with Gasteiger partial charge in [-0.1, -0.05) is 18.2 Å². The molecule has 0 aliphatic carbocycles. The van der Waals surface area contributed by atoms with Gasteiger partial charge >= 0.3 is 12.1 Å². The quantitative estimate of drug-likeness (QED) is 0.788. The lowest BCUT2D eigenvalue weighted by Gasteiger charge is -2.27. The van der Waals surface area contributed by atoms with Crippen LogP contribution in [0.1, 0.15) is 17.9 Å². The van der Waals surface area contributed by atoms with Gasteiger partial charge in [0.05, 0.1) is 14.2 Å². The molecule has 6 nitrogen and oxygen atoms in total. The smallest absolute Gasteiger partial charge is 0.411 e. The summed E-state index contributed by atoms with van der Waals surface area (Å²) in [7, 11) is 2.64. The molecule has 2 heterocycles. The Kier molecular flexibility index (Phi) is 3.00. The number of carbonyl (C=O) groups excluding carboxylic acids is 2. The first-order valence-electron chi connectivity index (χ1n) is 6.47. The van der Waals surface area contributed by atoms with Crippen molar-refractivity contribution in [2.24, 2.45) is 0 Å². The van der Waals surface area contributed by atoms with Crippen molar-refractivity contribution in [3.05, 3.63) is 29.8 Å². The average Bonchev–Trinajstić information content (AvgIpc) is 3.01. The molecule has 3 atom stereocenters. The van der Waals surface area contributed by atoms with Crippen LogP contribution in [0, 0.1) is 0 Å². The third-order valence-corrected chi connectivity index (χ3v) is 4.02. The van der Waals surface area contributed by atoms with Crippen LogP contribution in [0.5, 0.6) is 0 Å². The molecule has 3 rings (SSSR count). The number of esters is 1. The Balaban J connectivity index is 1.96. The second-order valence-corrected chi connectivity index (χ2v) is 4.93. The number of fused-ring (bicyclic) bond motifs is 3. The van der Waals surface area contributed by atoms with Crippen LogP contribution in [-0.4, -0.2) is 43.4 Å². The fourth-order valence-corrected chi connectivity index (χ4v) is 3.14. The zero-order chi connectivity index (χ0) is 14.3. The maximum absolute atomic E-state index is 12.0. The number of nitrogens with one attached hydrogen (secondary N) is 1. The van der Waals surface area contributed by atoms with Crippen LogP contribution in [-0.2, 0) is 14.3 Å². The van der Waals surface area contributed by atoms with Gasteiger partial charge in [-0.15, -0.1) is 0 Å². The third-order valence-electron chi connectivity index (χ3n) is 4.02. The Hall–Kier alpha value is -2.24. The second-order valence-electron chi connectivity index (χ2n) is 4.93. The number of hydrogen-bond donors (Lipinski definition) is 1. The number of amides is 1. The van der Waals surface area contributed by atoms with Crippen LogP contribution in [0.3, 0.4) is 0 Å². The van der Waals surface area contributed by atoms with Gasteiger partial charge in [0.25, 0.3) is 0 Å². The van der Waals surface area contributed by atoms with Gasteiger partial charge in [-0.25, -0.2) is 9.59 Å². The van der Waals surface area contributed by atoms with Crippen LogP contribution >= 0.6 is 0 Å². The Morgan fingerprint density at radius 2 is 2.00 bits per heavy atom. The molecule has 1 aromatic rings. The topological polar surface area (TPSA) is 67.9 Å². The van der Waals surface area contributed by atoms with E-state index in [1.54, 1.807) is 0 Å². The molecule has 0 saturated carbocycles. The molecular weight excluding hydrogens is 260 g/mol. The van der Waals surface area contributed by atoms with E-state index in [2.05, 4.69) is 5.32 Å². The largest absolute Gasteiger partial charge is 0.467 e. The molecule has 3 unspecified atom stereocenters. The van der Waals surface area contributed by atoms with Crippen LogP contribution in [0.4, 0.5) is 10.5 Å². The van der Waals surface area contributed by atoms with E-state index in [0.717, 1.165) is 11.3 Å². The van der Waals surface area contributed by atoms with Crippen LogP contribution in [0.25, 0.3) is 0 Å². The lowest BCUT2D eigenvalue weighted by molar-refractivity contribution is -0.145. The number of rotatable bonds is 1. The first-order valence-corrected chi connectivity index (χ1v) is 6.47. The highest BCUT2D eigenvalue weighted by Crippen LogP contribution is 2.46. The lowest BCUT2D eigenvalue weighted by Crippen LogP contribution is -2.47. The summed E-state index contributed by atoms with van der Waals surface area (Å²) >= 11 is 0. The highest BCUT2D eigenvalue weighted by atomic mass is 16.5. The number of hydrogen-bond acceptors (Lipinski definition) is 5. The molecule has 2 aliphatic rings. The van der Waals surface area contributed by atoms with Crippen molar-refractivity contribution in [1.29, 1.82) is 0 Å². The van der Waals surface area contributed by atoms with Crippen LogP contribution in [0.15, 0.2) is 24.3 Å². The number of methoxy groups -OCH3 is 2. The Bertz CT molecular complexity index is 560. The summed E-state index contributed by atoms with van der Waals surface area (Å²) in [5.74, 6) is -0.335. The Morgan fingerprint density at radius 3 is 2.70 bits per heavy atom. The molecule has 6 heteroatoms. The van der Waals surface area contributed by atoms with Gasteiger partial charge < -0.3 is 14.8 Å². The van der Waals surface area contributed by atoms with Gasteiger partial charge in [-0.3, -0.25) is 4.90 Å². The standard InChI is InChI=1S/C14H16N2O4/c1-19-13(17)11-7-9-8-5-3-4-6-10(8)15-12(9)16(11)14(18)20-2/h3-6,9,11-12,15H,7H2,1-2H3. The molecule has 2 aliphatic heterocycles. The van der Waals surface area contributed by atoms with E-state index in [1.165, 1.54) is 19.1 Å². The number of anilines is 1. The number of carbonyl (C=O) groups is 2. The van der Waals surface area contributed by atoms with Gasteiger partial charge in [0, 0.05) is 11.6 Å². The van der Waals surface area contributed by atoms with E-state index in [1.807, 2.05) is 24.3 Å². The van der Waals surface area contributed by atoms with Crippen molar-refractivity contribution in [3.8, 4) is 0 Å². The molecule has 1 saturated heterocycles. The number of nitrogens with zero attached hydrogens (tertiary/aromatic N) is 1. The SMILES string of the molecule is COC(=O)C1CC2c3ccccc3NC2N1C(=O)OC. The molecule has 0 radical (unpaired) electrons. The highest BCUT2D eigenvalue weighted by molar-refractivity contribution is 5.84. The third kappa shape index (κ3) is 1.71. The minimum Gasteiger partial charge on any atom is -0.467 e. The van der Waals surface area contributed by atoms with Crippen LogP contribution < -0.4 is 5.32 Å². The number of ether oxygens (including phenoxy) is 2. The van der Waals surface area contributed by atoms with Gasteiger partial charge in [0.1, 0.15) is 12.2 Å². The molecule has 1 amide bonds. The summed E-state index contributed by atoms with van der Waals surface area (Å²) in [5, 5.41) is 3.29. The van der Waals surface area contributed by atoms with E-state index >= 15 is 0 Å². The van der Waals surface area contributed by atoms with E-state index < -0.39 is 18.1 Å². The summed E-state index contributed by atoms with van der Waals surface area (Å²) in [4.78, 5) is 25.3. The molecular formula is C14H16N2O4. The first kappa shape index (κ1) is 12.8. The lowest BCUT2D eigenvalue weighted by atomic mass is 9.96. The van der Waals surface area contributed by atoms with E-state index in [-0.39, 0.29) is 12.1 Å². The molecule has 1 aromatic carbocycles. The summed E-state index contributed by atoms with van der Waals surface area (Å²) in [6.45, 7) is 0. The fraction of sp³-hybridized carbons (Fsp3) is 0.429. The zero-order valence-corrected chi connectivity index (χ0v) is 11.3. The molecule has 0 bridgehead atoms. The highest BCUT2D eigenvalue weighted by Gasteiger charge is 2.52. The summed E-state index contributed by atoms with van der Waals surface area (Å²) in [5.41, 5.74) is 2.12. The summed E-state index contributed by atoms with van der Waals surface area (Å²) < 4.78 is 9.60. The Morgan fingerprint density at radius 1 is 1.25 bits per heavy atom. The summed E-state index contributed by atoms with van der Waals surface area (Å²) in [6.07, 6.45) is -0.242. The molecule has 1 fully saturated rings. The normalized spacial score (nSPS) is 26.5. The van der Waals surface area contributed by atoms with Crippen LogP contribution in [0.2, 0.25) is 0 Å². The van der Waals surface area contributed by atoms with Gasteiger partial charge in [0.2, 0.25) is 0 Å². The summed E-state index contributed by atoms with van der Waals surface area (Å²) in [6, 6.07) is 7.27. The van der Waals surface area contributed by atoms with Crippen molar-refractivity contribution in [1.82, 2.24) is 4.90 Å². The molecule has 0 aromatic heterocycles. The van der Waals surface area contributed by atoms with E-state index in [4.69, 9.17) is 9.47 Å². The van der Waals surface area contributed by atoms with Crippen molar-refractivity contribution >= 4 is 17.7 Å². The average molecular weight is 276 g/mol. The molecule has 20 heavy (non-hydrogen) atoms. The Labute approximate surface area is 116 Å². The first-order chi connectivity index (χ1) is 9.67. The molecule has 0 spiro atoms. The number of benzene rings is 1. The van der Waals surface area contributed by atoms with E-state index in [0.29, 0.717) is 6.42 Å². The maximum Gasteiger partial charge on any atom is 0.411 e. The van der Waals surface area contributed by atoms with Crippen molar-refractivity contribution in [3.63, 3.8) is 0 Å². The fourth-order valence-electron chi connectivity index (χ4n) is 3.14. The van der Waals surface area contributed by atoms with Gasteiger partial charge in [-0.05, 0) is 18.1 Å². The van der Waals surface area contributed by atoms with Crippen molar-refractivity contribution < 1.29 is 19.1 Å². The predicted molar refractivity (Wildman–Crippen MR) is 71.3 cm³/mol. The maximum atomic E-state index is 12.0. The van der Waals surface area contributed by atoms with Crippen molar-refractivity contribution in [2.45, 2.75) is 24.5 Å². The molecule has 1 N–H and O–H groups in total. The van der Waals surface area contributed by atoms with E-state index in [9.17, 15) is 9.59 Å². The van der Waals surface area contributed by atoms with Gasteiger partial charge in [0.15, 0.2) is 0 Å². The monoisotopic (exact) mass is 276 g/mol. The minimum atomic E-state index is -0.608. The predicted octanol–water partition coefficient (Wildman–Crippen LogP) is 1.54.